The van der Waals surface area contributed by atoms with E-state index in [9.17, 15) is 9.59 Å². The van der Waals surface area contributed by atoms with Gasteiger partial charge in [0.15, 0.2) is 5.60 Å². The number of ether oxygens (including phenoxy) is 2. The topological polar surface area (TPSA) is 59.1 Å². The quantitative estimate of drug-likeness (QED) is 0.349. The number of amides is 1. The van der Waals surface area contributed by atoms with E-state index >= 15 is 0 Å². The van der Waals surface area contributed by atoms with E-state index < -0.39 is 17.2 Å². The van der Waals surface area contributed by atoms with Gasteiger partial charge in [0.25, 0.3) is 0 Å². The van der Waals surface area contributed by atoms with Crippen LogP contribution < -0.4 is 9.64 Å². The Morgan fingerprint density at radius 2 is 1.74 bits per heavy atom. The van der Waals surface area contributed by atoms with Crippen molar-refractivity contribution >= 4 is 17.6 Å². The van der Waals surface area contributed by atoms with Gasteiger partial charge < -0.3 is 19.3 Å². The van der Waals surface area contributed by atoms with Crippen LogP contribution in [-0.2, 0) is 20.9 Å². The van der Waals surface area contributed by atoms with E-state index in [0.29, 0.717) is 31.3 Å². The predicted octanol–water partition coefficient (Wildman–Crippen LogP) is 6.57. The average molecular weight is 523 g/mol. The van der Waals surface area contributed by atoms with Crippen LogP contribution in [0.5, 0.6) is 5.75 Å². The van der Waals surface area contributed by atoms with E-state index in [2.05, 4.69) is 43.0 Å². The molecule has 1 heterocycles. The molecule has 1 fully saturated rings. The number of carbonyl (C=O) groups excluding carboxylic acids is 2. The van der Waals surface area contributed by atoms with Crippen molar-refractivity contribution in [1.82, 2.24) is 4.90 Å². The van der Waals surface area contributed by atoms with Crippen LogP contribution in [0.15, 0.2) is 48.5 Å². The first-order valence-electron chi connectivity index (χ1n) is 13.9. The Balaban J connectivity index is 1.67. The number of carbonyl (C=O) groups is 2. The van der Waals surface area contributed by atoms with Gasteiger partial charge in [-0.3, -0.25) is 4.79 Å². The molecule has 0 spiro atoms. The zero-order chi connectivity index (χ0) is 28.1. The predicted molar refractivity (Wildman–Crippen MR) is 154 cm³/mol. The number of piperidine rings is 1. The van der Waals surface area contributed by atoms with Gasteiger partial charge in [0.05, 0.1) is 5.92 Å². The van der Waals surface area contributed by atoms with Gasteiger partial charge in [0.1, 0.15) is 11.4 Å². The lowest BCUT2D eigenvalue weighted by Crippen LogP contribution is -2.45. The smallest absolute Gasteiger partial charge is 0.350 e. The van der Waals surface area contributed by atoms with Gasteiger partial charge >= 0.3 is 5.97 Å². The lowest BCUT2D eigenvalue weighted by Gasteiger charge is -2.36. The molecule has 0 N–H and O–H groups in total. The van der Waals surface area contributed by atoms with Gasteiger partial charge in [-0.25, -0.2) is 4.79 Å². The molecule has 208 valence electrons. The molecule has 0 bridgehead atoms. The molecular formula is C32H46N2O4. The van der Waals surface area contributed by atoms with Crippen molar-refractivity contribution in [3.8, 4) is 5.75 Å². The van der Waals surface area contributed by atoms with E-state index in [1.165, 1.54) is 5.56 Å². The zero-order valence-electron chi connectivity index (χ0n) is 24.5. The number of anilines is 1. The lowest BCUT2D eigenvalue weighted by atomic mass is 9.95. The average Bonchev–Trinajstić information content (AvgIpc) is 2.86. The third-order valence-corrected chi connectivity index (χ3v) is 6.93. The molecule has 0 radical (unpaired) electrons. The van der Waals surface area contributed by atoms with Crippen molar-refractivity contribution in [1.29, 1.82) is 0 Å². The van der Waals surface area contributed by atoms with E-state index in [1.807, 2.05) is 56.9 Å². The van der Waals surface area contributed by atoms with E-state index in [1.54, 1.807) is 13.8 Å². The summed E-state index contributed by atoms with van der Waals surface area (Å²) in [5.74, 6) is 0.850. The van der Waals surface area contributed by atoms with Crippen LogP contribution >= 0.6 is 0 Å². The highest BCUT2D eigenvalue weighted by Crippen LogP contribution is 2.30. The molecule has 1 amide bonds. The highest BCUT2D eigenvalue weighted by atomic mass is 16.6. The molecule has 0 aliphatic carbocycles. The molecule has 2 aromatic rings. The highest BCUT2D eigenvalue weighted by molar-refractivity contribution is 5.80. The molecule has 2 aromatic carbocycles. The summed E-state index contributed by atoms with van der Waals surface area (Å²) < 4.78 is 11.6. The fourth-order valence-corrected chi connectivity index (χ4v) is 4.73. The second-order valence-electron chi connectivity index (χ2n) is 12.1. The standard InChI is InChI=1S/C32H46N2O4/c1-9-33(21-24-15-17-25(18-16-24)23(2)3)29(35)26-12-11-19-34(22-26)27-13-10-14-28(20-27)37-32(7,8)30(36)38-31(4,5)6/h10,13-18,20,23,26H,9,11-12,19,21-22H2,1-8H3/t26-/m1/s1. The van der Waals surface area contributed by atoms with Crippen LogP contribution in [0.4, 0.5) is 5.69 Å². The second kappa shape index (κ2) is 12.2. The fourth-order valence-electron chi connectivity index (χ4n) is 4.73. The molecule has 1 aliphatic rings. The van der Waals surface area contributed by atoms with Crippen molar-refractivity contribution in [2.24, 2.45) is 5.92 Å². The van der Waals surface area contributed by atoms with Gasteiger partial charge in [0.2, 0.25) is 5.91 Å². The number of rotatable bonds is 9. The van der Waals surface area contributed by atoms with E-state index in [4.69, 9.17) is 9.47 Å². The molecule has 1 aliphatic heterocycles. The molecule has 0 saturated carbocycles. The Kier molecular flexibility index (Phi) is 9.50. The van der Waals surface area contributed by atoms with Gasteiger partial charge in [0, 0.05) is 37.9 Å². The molecular weight excluding hydrogens is 476 g/mol. The van der Waals surface area contributed by atoms with Crippen LogP contribution in [0.25, 0.3) is 0 Å². The Bertz CT molecular complexity index is 1090. The summed E-state index contributed by atoms with van der Waals surface area (Å²) in [5, 5.41) is 0. The van der Waals surface area contributed by atoms with Crippen molar-refractivity contribution in [3.05, 3.63) is 59.7 Å². The number of nitrogens with zero attached hydrogens (tertiary/aromatic N) is 2. The molecule has 6 nitrogen and oxygen atoms in total. The maximum atomic E-state index is 13.6. The molecule has 1 atom stereocenters. The van der Waals surface area contributed by atoms with Crippen molar-refractivity contribution in [2.75, 3.05) is 24.5 Å². The Morgan fingerprint density at radius 1 is 1.05 bits per heavy atom. The Hall–Kier alpha value is -3.02. The van der Waals surface area contributed by atoms with Gasteiger partial charge in [-0.2, -0.15) is 0 Å². The van der Waals surface area contributed by atoms with Gasteiger partial charge in [-0.15, -0.1) is 0 Å². The van der Waals surface area contributed by atoms with Crippen LogP contribution in [0, 0.1) is 5.92 Å². The first-order chi connectivity index (χ1) is 17.8. The summed E-state index contributed by atoms with van der Waals surface area (Å²) >= 11 is 0. The summed E-state index contributed by atoms with van der Waals surface area (Å²) in [5.41, 5.74) is 1.76. The van der Waals surface area contributed by atoms with Gasteiger partial charge in [-0.1, -0.05) is 44.2 Å². The minimum atomic E-state index is -1.12. The summed E-state index contributed by atoms with van der Waals surface area (Å²) in [6, 6.07) is 16.4. The lowest BCUT2D eigenvalue weighted by molar-refractivity contribution is -0.170. The minimum Gasteiger partial charge on any atom is -0.476 e. The third-order valence-electron chi connectivity index (χ3n) is 6.93. The molecule has 38 heavy (non-hydrogen) atoms. The number of benzene rings is 2. The van der Waals surface area contributed by atoms with Crippen LogP contribution in [-0.4, -0.2) is 47.6 Å². The first-order valence-corrected chi connectivity index (χ1v) is 13.9. The SMILES string of the molecule is CCN(Cc1ccc(C(C)C)cc1)C(=O)[C@@H]1CCCN(c2cccc(OC(C)(C)C(=O)OC(C)(C)C)c2)C1. The van der Waals surface area contributed by atoms with E-state index in [-0.39, 0.29) is 11.8 Å². The Labute approximate surface area is 229 Å². The molecule has 0 aromatic heterocycles. The number of esters is 1. The minimum absolute atomic E-state index is 0.0542. The Morgan fingerprint density at radius 3 is 2.34 bits per heavy atom. The molecule has 0 unspecified atom stereocenters. The molecule has 3 rings (SSSR count). The van der Waals surface area contributed by atoms with Gasteiger partial charge in [-0.05, 0) is 83.6 Å². The molecule has 6 heteroatoms. The zero-order valence-corrected chi connectivity index (χ0v) is 24.5. The maximum absolute atomic E-state index is 13.6. The van der Waals surface area contributed by atoms with Crippen LogP contribution in [0.1, 0.15) is 85.3 Å². The third kappa shape index (κ3) is 7.99. The van der Waals surface area contributed by atoms with E-state index in [0.717, 1.165) is 30.6 Å². The monoisotopic (exact) mass is 522 g/mol. The second-order valence-corrected chi connectivity index (χ2v) is 12.1. The van der Waals surface area contributed by atoms with Crippen molar-refractivity contribution in [3.63, 3.8) is 0 Å². The summed E-state index contributed by atoms with van der Waals surface area (Å²) in [6.07, 6.45) is 1.84. The summed E-state index contributed by atoms with van der Waals surface area (Å²) in [7, 11) is 0. The first kappa shape index (κ1) is 29.5. The normalized spacial score (nSPS) is 16.3. The largest absolute Gasteiger partial charge is 0.476 e. The molecule has 1 saturated heterocycles. The maximum Gasteiger partial charge on any atom is 0.350 e. The fraction of sp³-hybridized carbons (Fsp3) is 0.562. The van der Waals surface area contributed by atoms with Crippen molar-refractivity contribution < 1.29 is 19.1 Å². The van der Waals surface area contributed by atoms with Crippen molar-refractivity contribution in [2.45, 2.75) is 91.9 Å². The number of hydrogen-bond acceptors (Lipinski definition) is 5. The highest BCUT2D eigenvalue weighted by Gasteiger charge is 2.35. The van der Waals surface area contributed by atoms with Crippen LogP contribution in [0.2, 0.25) is 0 Å². The summed E-state index contributed by atoms with van der Waals surface area (Å²) in [6.45, 7) is 18.3. The van der Waals surface area contributed by atoms with Crippen LogP contribution in [0.3, 0.4) is 0 Å². The summed E-state index contributed by atoms with van der Waals surface area (Å²) in [4.78, 5) is 30.4. The number of hydrogen-bond donors (Lipinski definition) is 0.